The SMILES string of the molecule is C[C@H](COCc1ccccc1)[C@@H](CCCc1ccccc1)C(=O)O. The maximum atomic E-state index is 11.6. The van der Waals surface area contributed by atoms with Crippen LogP contribution in [0.15, 0.2) is 60.7 Å². The Bertz CT molecular complexity index is 595. The van der Waals surface area contributed by atoms with Gasteiger partial charge in [0, 0.05) is 0 Å². The van der Waals surface area contributed by atoms with Crippen LogP contribution in [0, 0.1) is 11.8 Å². The third-order valence-corrected chi connectivity index (χ3v) is 4.32. The third-order valence-electron chi connectivity index (χ3n) is 4.32. The van der Waals surface area contributed by atoms with Crippen LogP contribution < -0.4 is 0 Å². The zero-order chi connectivity index (χ0) is 17.2. The smallest absolute Gasteiger partial charge is 0.306 e. The van der Waals surface area contributed by atoms with Crippen molar-refractivity contribution in [2.24, 2.45) is 11.8 Å². The van der Waals surface area contributed by atoms with E-state index in [4.69, 9.17) is 4.74 Å². The molecule has 0 saturated carbocycles. The maximum Gasteiger partial charge on any atom is 0.306 e. The van der Waals surface area contributed by atoms with E-state index in [1.807, 2.05) is 55.5 Å². The summed E-state index contributed by atoms with van der Waals surface area (Å²) < 4.78 is 5.71. The molecule has 3 heteroatoms. The van der Waals surface area contributed by atoms with Gasteiger partial charge in [-0.05, 0) is 36.3 Å². The van der Waals surface area contributed by atoms with Crippen LogP contribution in [0.25, 0.3) is 0 Å². The molecule has 0 aliphatic heterocycles. The van der Waals surface area contributed by atoms with Gasteiger partial charge in [-0.2, -0.15) is 0 Å². The number of carboxylic acids is 1. The van der Waals surface area contributed by atoms with E-state index in [0.717, 1.165) is 18.4 Å². The second-order valence-corrected chi connectivity index (χ2v) is 6.30. The zero-order valence-electron chi connectivity index (χ0n) is 14.2. The van der Waals surface area contributed by atoms with Gasteiger partial charge in [-0.1, -0.05) is 67.6 Å². The maximum absolute atomic E-state index is 11.6. The lowest BCUT2D eigenvalue weighted by molar-refractivity contribution is -0.144. The highest BCUT2D eigenvalue weighted by Gasteiger charge is 2.24. The van der Waals surface area contributed by atoms with E-state index in [0.29, 0.717) is 19.6 Å². The number of ether oxygens (including phenoxy) is 1. The Morgan fingerprint density at radius 1 is 1.00 bits per heavy atom. The summed E-state index contributed by atoms with van der Waals surface area (Å²) in [5, 5.41) is 9.50. The number of carboxylic acid groups (broad SMARTS) is 1. The number of benzene rings is 2. The van der Waals surface area contributed by atoms with Crippen LogP contribution in [0.4, 0.5) is 0 Å². The molecule has 0 aliphatic carbocycles. The van der Waals surface area contributed by atoms with Crippen molar-refractivity contribution in [3.05, 3.63) is 71.8 Å². The molecule has 0 unspecified atom stereocenters. The molecule has 2 aromatic rings. The molecular weight excluding hydrogens is 300 g/mol. The molecule has 0 spiro atoms. The minimum atomic E-state index is -0.723. The van der Waals surface area contributed by atoms with Crippen LogP contribution >= 0.6 is 0 Å². The van der Waals surface area contributed by atoms with Gasteiger partial charge in [0.05, 0.1) is 19.1 Å². The van der Waals surface area contributed by atoms with Crippen molar-refractivity contribution in [2.75, 3.05) is 6.61 Å². The molecule has 24 heavy (non-hydrogen) atoms. The van der Waals surface area contributed by atoms with Crippen LogP contribution in [0.2, 0.25) is 0 Å². The Kier molecular flexibility index (Phi) is 7.50. The van der Waals surface area contributed by atoms with Gasteiger partial charge in [0.2, 0.25) is 0 Å². The average molecular weight is 326 g/mol. The van der Waals surface area contributed by atoms with E-state index < -0.39 is 5.97 Å². The molecule has 0 saturated heterocycles. The van der Waals surface area contributed by atoms with Crippen molar-refractivity contribution < 1.29 is 14.6 Å². The van der Waals surface area contributed by atoms with Gasteiger partial charge < -0.3 is 9.84 Å². The van der Waals surface area contributed by atoms with Crippen LogP contribution in [-0.4, -0.2) is 17.7 Å². The van der Waals surface area contributed by atoms with Crippen molar-refractivity contribution in [1.29, 1.82) is 0 Å². The minimum Gasteiger partial charge on any atom is -0.481 e. The number of hydrogen-bond donors (Lipinski definition) is 1. The molecule has 0 amide bonds. The Balaban J connectivity index is 1.75. The highest BCUT2D eigenvalue weighted by Crippen LogP contribution is 2.20. The average Bonchev–Trinajstić information content (AvgIpc) is 2.60. The summed E-state index contributed by atoms with van der Waals surface area (Å²) in [5.41, 5.74) is 2.37. The highest BCUT2D eigenvalue weighted by molar-refractivity contribution is 5.70. The molecule has 0 bridgehead atoms. The lowest BCUT2D eigenvalue weighted by Crippen LogP contribution is -2.25. The van der Waals surface area contributed by atoms with Crippen LogP contribution in [-0.2, 0) is 22.6 Å². The largest absolute Gasteiger partial charge is 0.481 e. The standard InChI is InChI=1S/C21H26O3/c1-17(15-24-16-19-11-6-3-7-12-19)20(21(22)23)14-8-13-18-9-4-2-5-10-18/h2-7,9-12,17,20H,8,13-16H2,1H3,(H,22,23)/t17-,20-/m1/s1. The van der Waals surface area contributed by atoms with E-state index in [2.05, 4.69) is 12.1 Å². The summed E-state index contributed by atoms with van der Waals surface area (Å²) in [6, 6.07) is 20.2. The van der Waals surface area contributed by atoms with Crippen molar-refractivity contribution in [3.8, 4) is 0 Å². The molecule has 0 fully saturated rings. The predicted molar refractivity (Wildman–Crippen MR) is 95.8 cm³/mol. The fraction of sp³-hybridized carbons (Fsp3) is 0.381. The molecular formula is C21H26O3. The summed E-state index contributed by atoms with van der Waals surface area (Å²) in [7, 11) is 0. The second kappa shape index (κ2) is 9.89. The molecule has 128 valence electrons. The number of hydrogen-bond acceptors (Lipinski definition) is 2. The summed E-state index contributed by atoms with van der Waals surface area (Å²) in [4.78, 5) is 11.6. The topological polar surface area (TPSA) is 46.5 Å². The van der Waals surface area contributed by atoms with Gasteiger partial charge in [-0.25, -0.2) is 0 Å². The quantitative estimate of drug-likeness (QED) is 0.696. The molecule has 2 rings (SSSR count). The second-order valence-electron chi connectivity index (χ2n) is 6.30. The van der Waals surface area contributed by atoms with E-state index in [1.54, 1.807) is 0 Å². The first-order chi connectivity index (χ1) is 11.7. The predicted octanol–water partition coefficient (Wildman–Crippen LogP) is 4.56. The third kappa shape index (κ3) is 6.17. The van der Waals surface area contributed by atoms with Crippen molar-refractivity contribution in [1.82, 2.24) is 0 Å². The van der Waals surface area contributed by atoms with Crippen LogP contribution in [0.1, 0.15) is 30.9 Å². The molecule has 0 aliphatic rings. The number of aryl methyl sites for hydroxylation is 1. The molecule has 1 N–H and O–H groups in total. The Morgan fingerprint density at radius 3 is 2.17 bits per heavy atom. The minimum absolute atomic E-state index is 0.00184. The van der Waals surface area contributed by atoms with Gasteiger partial charge in [-0.3, -0.25) is 4.79 Å². The summed E-state index contributed by atoms with van der Waals surface area (Å²) in [6.45, 7) is 2.96. The number of rotatable bonds is 10. The summed E-state index contributed by atoms with van der Waals surface area (Å²) >= 11 is 0. The monoisotopic (exact) mass is 326 g/mol. The summed E-state index contributed by atoms with van der Waals surface area (Å²) in [5.74, 6) is -1.08. The Morgan fingerprint density at radius 2 is 1.58 bits per heavy atom. The van der Waals surface area contributed by atoms with E-state index in [1.165, 1.54) is 5.56 Å². The van der Waals surface area contributed by atoms with E-state index in [-0.39, 0.29) is 11.8 Å². The van der Waals surface area contributed by atoms with Gasteiger partial charge in [0.25, 0.3) is 0 Å². The van der Waals surface area contributed by atoms with Crippen LogP contribution in [0.5, 0.6) is 0 Å². The fourth-order valence-electron chi connectivity index (χ4n) is 2.88. The van der Waals surface area contributed by atoms with Crippen LogP contribution in [0.3, 0.4) is 0 Å². The van der Waals surface area contributed by atoms with Crippen molar-refractivity contribution >= 4 is 5.97 Å². The fourth-order valence-corrected chi connectivity index (χ4v) is 2.88. The van der Waals surface area contributed by atoms with Crippen molar-refractivity contribution in [3.63, 3.8) is 0 Å². The Hall–Kier alpha value is -2.13. The first-order valence-corrected chi connectivity index (χ1v) is 8.55. The van der Waals surface area contributed by atoms with Gasteiger partial charge in [0.1, 0.15) is 0 Å². The molecule has 0 aromatic heterocycles. The highest BCUT2D eigenvalue weighted by atomic mass is 16.5. The first-order valence-electron chi connectivity index (χ1n) is 8.55. The van der Waals surface area contributed by atoms with Gasteiger partial charge >= 0.3 is 5.97 Å². The molecule has 0 heterocycles. The van der Waals surface area contributed by atoms with E-state index >= 15 is 0 Å². The zero-order valence-corrected chi connectivity index (χ0v) is 14.2. The van der Waals surface area contributed by atoms with Crippen molar-refractivity contribution in [2.45, 2.75) is 32.8 Å². The Labute approximate surface area is 144 Å². The number of aliphatic carboxylic acids is 1. The van der Waals surface area contributed by atoms with E-state index in [9.17, 15) is 9.90 Å². The first kappa shape index (κ1) is 18.2. The molecule has 2 atom stereocenters. The summed E-state index contributed by atoms with van der Waals surface area (Å²) in [6.07, 6.45) is 2.48. The lowest BCUT2D eigenvalue weighted by atomic mass is 9.89. The van der Waals surface area contributed by atoms with Gasteiger partial charge in [-0.15, -0.1) is 0 Å². The molecule has 3 nitrogen and oxygen atoms in total. The lowest BCUT2D eigenvalue weighted by Gasteiger charge is -2.20. The molecule has 2 aromatic carbocycles. The van der Waals surface area contributed by atoms with Gasteiger partial charge in [0.15, 0.2) is 0 Å². The molecule has 0 radical (unpaired) electrons. The normalized spacial score (nSPS) is 13.4. The number of carbonyl (C=O) groups is 1.